The molecule has 38 heavy (non-hydrogen) atoms. The van der Waals surface area contributed by atoms with Crippen LogP contribution in [0.5, 0.6) is 0 Å². The van der Waals surface area contributed by atoms with Gasteiger partial charge < -0.3 is 9.97 Å². The van der Waals surface area contributed by atoms with Crippen LogP contribution >= 0.6 is 55.1 Å². The Morgan fingerprint density at radius 3 is 1.13 bits per heavy atom. The lowest BCUT2D eigenvalue weighted by molar-refractivity contribution is -0.142. The van der Waals surface area contributed by atoms with Crippen molar-refractivity contribution >= 4 is 55.1 Å². The smallest absolute Gasteiger partial charge is 0.349 e. The number of halogens is 10. The SMILES string of the molecule is N#Cc1c(-c2ccc(Cl)cc2)[nH]c(C(F)(F)F)c1Br.N#Cc1c(-c2ccc(Cl)cc2)[nH]c(C(F)(F)F)c1Br. The number of aromatic amines is 2. The van der Waals surface area contributed by atoms with Crippen LogP contribution in [-0.2, 0) is 12.4 Å². The Kier molecular flexibility index (Phi) is 8.94. The lowest BCUT2D eigenvalue weighted by Gasteiger charge is -2.03. The lowest BCUT2D eigenvalue weighted by Crippen LogP contribution is -2.06. The first-order valence-corrected chi connectivity index (χ1v) is 12.3. The highest BCUT2D eigenvalue weighted by Gasteiger charge is 2.38. The van der Waals surface area contributed by atoms with Crippen LogP contribution in [0.3, 0.4) is 0 Å². The standard InChI is InChI=1S/2C12H5BrClF3N2/c2*13-9-8(5-18)10(19-11(9)12(15,16)17)6-1-3-7(14)4-2-6/h2*1-4,19H. The van der Waals surface area contributed by atoms with Crippen LogP contribution < -0.4 is 0 Å². The molecule has 4 rings (SSSR count). The van der Waals surface area contributed by atoms with E-state index in [4.69, 9.17) is 33.7 Å². The van der Waals surface area contributed by atoms with Crippen LogP contribution in [0.4, 0.5) is 26.3 Å². The van der Waals surface area contributed by atoms with Crippen molar-refractivity contribution in [3.05, 3.63) is 90.0 Å². The maximum absolute atomic E-state index is 12.8. The number of aromatic nitrogens is 2. The van der Waals surface area contributed by atoms with Gasteiger partial charge in [0.1, 0.15) is 23.5 Å². The Hall–Kier alpha value is -2.90. The molecule has 0 unspecified atom stereocenters. The van der Waals surface area contributed by atoms with E-state index in [0.717, 1.165) is 0 Å². The number of nitrogens with one attached hydrogen (secondary N) is 2. The molecule has 0 aliphatic rings. The fourth-order valence-corrected chi connectivity index (χ4v) is 4.69. The zero-order chi connectivity index (χ0) is 28.4. The highest BCUT2D eigenvalue weighted by Crippen LogP contribution is 2.41. The summed E-state index contributed by atoms with van der Waals surface area (Å²) >= 11 is 17.1. The van der Waals surface area contributed by atoms with Crippen LogP contribution in [0, 0.1) is 22.7 Å². The molecule has 0 bridgehead atoms. The van der Waals surface area contributed by atoms with Crippen LogP contribution in [-0.4, -0.2) is 9.97 Å². The highest BCUT2D eigenvalue weighted by molar-refractivity contribution is 9.11. The monoisotopic (exact) mass is 696 g/mol. The second kappa shape index (κ2) is 11.5. The molecular formula is C24H10Br2Cl2F6N4. The predicted octanol–water partition coefficient (Wildman–Crippen LogP) is 9.98. The third kappa shape index (κ3) is 6.38. The van der Waals surface area contributed by atoms with Gasteiger partial charge >= 0.3 is 12.4 Å². The van der Waals surface area contributed by atoms with Gasteiger partial charge in [-0.2, -0.15) is 36.9 Å². The third-order valence-corrected chi connectivity index (χ3v) is 7.02. The van der Waals surface area contributed by atoms with Gasteiger partial charge in [0.05, 0.1) is 31.5 Å². The van der Waals surface area contributed by atoms with E-state index in [-0.39, 0.29) is 31.5 Å². The average molecular weight is 699 g/mol. The molecule has 0 spiro atoms. The molecule has 196 valence electrons. The molecule has 2 heterocycles. The van der Waals surface area contributed by atoms with E-state index in [1.165, 1.54) is 0 Å². The molecule has 0 aliphatic carbocycles. The summed E-state index contributed by atoms with van der Waals surface area (Å²) in [7, 11) is 0. The normalized spacial score (nSPS) is 11.4. The van der Waals surface area contributed by atoms with Gasteiger partial charge in [-0.05, 0) is 67.3 Å². The minimum Gasteiger partial charge on any atom is -0.349 e. The van der Waals surface area contributed by atoms with Crippen molar-refractivity contribution in [3.63, 3.8) is 0 Å². The van der Waals surface area contributed by atoms with Crippen molar-refractivity contribution in [1.29, 1.82) is 10.5 Å². The molecule has 4 aromatic rings. The molecule has 0 amide bonds. The lowest BCUT2D eigenvalue weighted by atomic mass is 10.1. The molecule has 0 saturated heterocycles. The van der Waals surface area contributed by atoms with Gasteiger partial charge in [0.2, 0.25) is 0 Å². The Bertz CT molecular complexity index is 1420. The number of nitriles is 2. The fraction of sp³-hybridized carbons (Fsp3) is 0.0833. The topological polar surface area (TPSA) is 79.2 Å². The number of benzene rings is 2. The molecule has 0 fully saturated rings. The van der Waals surface area contributed by atoms with E-state index in [1.807, 2.05) is 0 Å². The molecule has 4 nitrogen and oxygen atoms in total. The second-order valence-corrected chi connectivity index (χ2v) is 9.82. The molecule has 0 aliphatic heterocycles. The molecule has 2 aromatic heterocycles. The van der Waals surface area contributed by atoms with Crippen LogP contribution in [0.15, 0.2) is 57.5 Å². The maximum atomic E-state index is 12.8. The maximum Gasteiger partial charge on any atom is 0.432 e. The first-order chi connectivity index (χ1) is 17.7. The number of hydrogen-bond donors (Lipinski definition) is 2. The van der Waals surface area contributed by atoms with E-state index in [2.05, 4.69) is 41.8 Å². The Balaban J connectivity index is 0.000000211. The van der Waals surface area contributed by atoms with E-state index < -0.39 is 23.7 Å². The third-order valence-electron chi connectivity index (χ3n) is 4.93. The first kappa shape index (κ1) is 29.7. The van der Waals surface area contributed by atoms with Crippen molar-refractivity contribution in [2.75, 3.05) is 0 Å². The molecular weight excluding hydrogens is 689 g/mol. The Morgan fingerprint density at radius 2 is 0.895 bits per heavy atom. The summed E-state index contributed by atoms with van der Waals surface area (Å²) in [6.45, 7) is 0. The first-order valence-electron chi connectivity index (χ1n) is 9.98. The molecule has 2 aromatic carbocycles. The second-order valence-electron chi connectivity index (χ2n) is 7.36. The summed E-state index contributed by atoms with van der Waals surface area (Å²) in [6.07, 6.45) is -9.12. The van der Waals surface area contributed by atoms with Crippen LogP contribution in [0.25, 0.3) is 22.5 Å². The molecule has 14 heteroatoms. The number of alkyl halides is 6. The van der Waals surface area contributed by atoms with E-state index >= 15 is 0 Å². The van der Waals surface area contributed by atoms with E-state index in [1.54, 1.807) is 60.7 Å². The van der Waals surface area contributed by atoms with Gasteiger partial charge in [0, 0.05) is 10.0 Å². The van der Waals surface area contributed by atoms with Gasteiger partial charge in [-0.3, -0.25) is 0 Å². The van der Waals surface area contributed by atoms with Crippen LogP contribution in [0.1, 0.15) is 22.5 Å². The van der Waals surface area contributed by atoms with Crippen LogP contribution in [0.2, 0.25) is 10.0 Å². The van der Waals surface area contributed by atoms with E-state index in [9.17, 15) is 26.3 Å². The van der Waals surface area contributed by atoms with Gasteiger partial charge in [0.25, 0.3) is 0 Å². The summed E-state index contributed by atoms with van der Waals surface area (Å²) in [5.41, 5.74) is -1.00. The fourth-order valence-electron chi connectivity index (χ4n) is 3.22. The van der Waals surface area contributed by atoms with Crippen molar-refractivity contribution in [1.82, 2.24) is 9.97 Å². The van der Waals surface area contributed by atoms with E-state index in [0.29, 0.717) is 21.2 Å². The summed E-state index contributed by atoms with van der Waals surface area (Å²) in [5, 5.41) is 18.9. The van der Waals surface area contributed by atoms with Crippen molar-refractivity contribution in [2.45, 2.75) is 12.4 Å². The van der Waals surface area contributed by atoms with Crippen molar-refractivity contribution < 1.29 is 26.3 Å². The van der Waals surface area contributed by atoms with Gasteiger partial charge in [-0.1, -0.05) is 47.5 Å². The van der Waals surface area contributed by atoms with Gasteiger partial charge in [-0.15, -0.1) is 0 Å². The van der Waals surface area contributed by atoms with Crippen molar-refractivity contribution in [2.24, 2.45) is 0 Å². The minimum atomic E-state index is -4.56. The Morgan fingerprint density at radius 1 is 0.605 bits per heavy atom. The summed E-state index contributed by atoms with van der Waals surface area (Å²) < 4.78 is 76.0. The van der Waals surface area contributed by atoms with Gasteiger partial charge in [0.15, 0.2) is 0 Å². The summed E-state index contributed by atoms with van der Waals surface area (Å²) in [6, 6.07) is 15.9. The van der Waals surface area contributed by atoms with Crippen molar-refractivity contribution in [3.8, 4) is 34.7 Å². The zero-order valence-corrected chi connectivity index (χ0v) is 23.0. The molecule has 0 radical (unpaired) electrons. The number of hydrogen-bond acceptors (Lipinski definition) is 2. The summed E-state index contributed by atoms with van der Waals surface area (Å²) in [5.74, 6) is 0. The zero-order valence-electron chi connectivity index (χ0n) is 18.3. The predicted molar refractivity (Wildman–Crippen MR) is 137 cm³/mol. The number of rotatable bonds is 2. The molecule has 2 N–H and O–H groups in total. The molecule has 0 saturated carbocycles. The average Bonchev–Trinajstić information content (AvgIpc) is 3.36. The quantitative estimate of drug-likeness (QED) is 0.205. The largest absolute Gasteiger partial charge is 0.432 e. The number of H-pyrrole nitrogens is 2. The highest BCUT2D eigenvalue weighted by atomic mass is 79.9. The minimum absolute atomic E-state index is 0.0883. The van der Waals surface area contributed by atoms with Gasteiger partial charge in [-0.25, -0.2) is 0 Å². The molecule has 0 atom stereocenters. The summed E-state index contributed by atoms with van der Waals surface area (Å²) in [4.78, 5) is 4.48. The Labute approximate surface area is 238 Å². The number of nitrogens with zero attached hydrogens (tertiary/aromatic N) is 2.